The van der Waals surface area contributed by atoms with E-state index in [1.54, 1.807) is 0 Å². The van der Waals surface area contributed by atoms with Crippen molar-refractivity contribution in [2.24, 2.45) is 0 Å². The normalized spacial score (nSPS) is 25.1. The molecule has 3 nitrogen and oxygen atoms in total. The number of hydrogen-bond acceptors (Lipinski definition) is 2. The van der Waals surface area contributed by atoms with Gasteiger partial charge in [-0.15, -0.1) is 0 Å². The van der Waals surface area contributed by atoms with Gasteiger partial charge in [-0.05, 0) is 51.4 Å². The average molecular weight is 267 g/mol. The maximum absolute atomic E-state index is 12.4. The predicted molar refractivity (Wildman–Crippen MR) is 75.2 cm³/mol. The summed E-state index contributed by atoms with van der Waals surface area (Å²) in [6.07, 6.45) is 0.946. The summed E-state index contributed by atoms with van der Waals surface area (Å²) < 4.78 is 0. The summed E-state index contributed by atoms with van der Waals surface area (Å²) in [6.45, 7) is 6.81. The van der Waals surface area contributed by atoms with E-state index < -0.39 is 0 Å². The predicted octanol–water partition coefficient (Wildman–Crippen LogP) is 2.75. The highest BCUT2D eigenvalue weighted by Gasteiger charge is 2.29. The molecule has 1 aliphatic rings. The number of carbonyl (C=O) groups excluding carboxylic acids is 1. The lowest BCUT2D eigenvalue weighted by Gasteiger charge is -2.28. The van der Waals surface area contributed by atoms with Crippen LogP contribution < -0.4 is 10.2 Å². The van der Waals surface area contributed by atoms with Crippen LogP contribution in [0.1, 0.15) is 25.8 Å². The van der Waals surface area contributed by atoms with Crippen molar-refractivity contribution in [3.05, 3.63) is 28.8 Å². The van der Waals surface area contributed by atoms with Crippen LogP contribution in [0.2, 0.25) is 5.02 Å². The lowest BCUT2D eigenvalue weighted by atomic mass is 10.1. The van der Waals surface area contributed by atoms with E-state index in [4.69, 9.17) is 11.6 Å². The van der Waals surface area contributed by atoms with Gasteiger partial charge in [0.1, 0.15) is 0 Å². The van der Waals surface area contributed by atoms with E-state index in [2.05, 4.69) is 12.2 Å². The summed E-state index contributed by atoms with van der Waals surface area (Å²) in [5, 5.41) is 3.93. The number of amides is 1. The number of carbonyl (C=O) groups is 1. The molecule has 1 aromatic rings. The zero-order valence-electron chi connectivity index (χ0n) is 11.0. The van der Waals surface area contributed by atoms with E-state index in [1.165, 1.54) is 0 Å². The van der Waals surface area contributed by atoms with Crippen LogP contribution in [0.4, 0.5) is 5.69 Å². The van der Waals surface area contributed by atoms with Gasteiger partial charge in [-0.25, -0.2) is 0 Å². The van der Waals surface area contributed by atoms with Crippen molar-refractivity contribution in [1.82, 2.24) is 5.32 Å². The molecule has 1 fully saturated rings. The van der Waals surface area contributed by atoms with Gasteiger partial charge < -0.3 is 10.2 Å². The van der Waals surface area contributed by atoms with Crippen molar-refractivity contribution >= 4 is 23.2 Å². The molecule has 0 aliphatic carbocycles. The molecular formula is C14H19ClN2O. The van der Waals surface area contributed by atoms with Gasteiger partial charge in [0.2, 0.25) is 5.91 Å². The van der Waals surface area contributed by atoms with Gasteiger partial charge in [0.25, 0.3) is 0 Å². The number of hydrogen-bond donors (Lipinski definition) is 1. The Morgan fingerprint density at radius 3 is 2.78 bits per heavy atom. The van der Waals surface area contributed by atoms with E-state index in [-0.39, 0.29) is 18.0 Å². The monoisotopic (exact) mass is 266 g/mol. The van der Waals surface area contributed by atoms with Gasteiger partial charge in [0.15, 0.2) is 0 Å². The highest BCUT2D eigenvalue weighted by molar-refractivity contribution is 6.31. The van der Waals surface area contributed by atoms with Crippen molar-refractivity contribution in [3.8, 4) is 0 Å². The first-order chi connectivity index (χ1) is 8.50. The third-order valence-electron chi connectivity index (χ3n) is 3.49. The van der Waals surface area contributed by atoms with Crippen molar-refractivity contribution < 1.29 is 4.79 Å². The Kier molecular flexibility index (Phi) is 3.93. The second kappa shape index (κ2) is 5.29. The standard InChI is InChI=1S/C14H19ClN2O/c1-9-4-5-12(8-13(9)15)17-10(2)6-7-16-11(3)14(17)18/h4-5,8,10-11,16H,6-7H2,1-3H3. The van der Waals surface area contributed by atoms with E-state index in [0.29, 0.717) is 5.02 Å². The summed E-state index contributed by atoms with van der Waals surface area (Å²) in [7, 11) is 0. The number of benzene rings is 1. The second-order valence-electron chi connectivity index (χ2n) is 4.96. The molecule has 1 aromatic carbocycles. The fraction of sp³-hybridized carbons (Fsp3) is 0.500. The lowest BCUT2D eigenvalue weighted by molar-refractivity contribution is -0.120. The van der Waals surface area contributed by atoms with Gasteiger partial charge in [-0.3, -0.25) is 4.79 Å². The van der Waals surface area contributed by atoms with Crippen molar-refractivity contribution in [1.29, 1.82) is 0 Å². The Labute approximate surface area is 113 Å². The maximum Gasteiger partial charge on any atom is 0.244 e. The fourth-order valence-corrected chi connectivity index (χ4v) is 2.44. The van der Waals surface area contributed by atoms with Crippen LogP contribution in [0.3, 0.4) is 0 Å². The molecule has 1 amide bonds. The highest BCUT2D eigenvalue weighted by Crippen LogP contribution is 2.26. The minimum atomic E-state index is -0.143. The molecule has 2 atom stereocenters. The Morgan fingerprint density at radius 1 is 1.39 bits per heavy atom. The molecule has 2 unspecified atom stereocenters. The quantitative estimate of drug-likeness (QED) is 0.848. The zero-order valence-corrected chi connectivity index (χ0v) is 11.8. The second-order valence-corrected chi connectivity index (χ2v) is 5.36. The molecule has 0 aromatic heterocycles. The summed E-state index contributed by atoms with van der Waals surface area (Å²) in [6, 6.07) is 5.85. The Balaban J connectivity index is 2.38. The maximum atomic E-state index is 12.4. The smallest absolute Gasteiger partial charge is 0.244 e. The highest BCUT2D eigenvalue weighted by atomic mass is 35.5. The van der Waals surface area contributed by atoms with Crippen molar-refractivity contribution in [2.75, 3.05) is 11.4 Å². The van der Waals surface area contributed by atoms with Crippen LogP contribution in [0.15, 0.2) is 18.2 Å². The van der Waals surface area contributed by atoms with Gasteiger partial charge >= 0.3 is 0 Å². The van der Waals surface area contributed by atoms with Crippen LogP contribution in [0.25, 0.3) is 0 Å². The minimum Gasteiger partial charge on any atom is -0.308 e. The Morgan fingerprint density at radius 2 is 2.11 bits per heavy atom. The van der Waals surface area contributed by atoms with Crippen LogP contribution in [0.5, 0.6) is 0 Å². The van der Waals surface area contributed by atoms with Crippen molar-refractivity contribution in [2.45, 2.75) is 39.3 Å². The Bertz CT molecular complexity index is 461. The number of nitrogens with one attached hydrogen (secondary N) is 1. The first kappa shape index (κ1) is 13.4. The molecule has 0 spiro atoms. The van der Waals surface area contributed by atoms with E-state index in [0.717, 1.165) is 24.2 Å². The van der Waals surface area contributed by atoms with Crippen molar-refractivity contribution in [3.63, 3.8) is 0 Å². The molecule has 0 bridgehead atoms. The first-order valence-electron chi connectivity index (χ1n) is 6.33. The molecule has 0 radical (unpaired) electrons. The van der Waals surface area contributed by atoms with Gasteiger partial charge in [0.05, 0.1) is 6.04 Å². The summed E-state index contributed by atoms with van der Waals surface area (Å²) in [5.41, 5.74) is 1.92. The molecule has 0 saturated carbocycles. The molecule has 18 heavy (non-hydrogen) atoms. The van der Waals surface area contributed by atoms with Crippen LogP contribution in [0, 0.1) is 6.92 Å². The molecule has 4 heteroatoms. The molecule has 2 rings (SSSR count). The number of halogens is 1. The summed E-state index contributed by atoms with van der Waals surface area (Å²) >= 11 is 6.15. The van der Waals surface area contributed by atoms with E-state index in [1.807, 2.05) is 36.9 Å². The van der Waals surface area contributed by atoms with Crippen LogP contribution in [-0.4, -0.2) is 24.5 Å². The topological polar surface area (TPSA) is 32.3 Å². The average Bonchev–Trinajstić information content (AvgIpc) is 2.44. The number of rotatable bonds is 1. The number of nitrogens with zero attached hydrogens (tertiary/aromatic N) is 1. The fourth-order valence-electron chi connectivity index (χ4n) is 2.26. The molecule has 1 N–H and O–H groups in total. The SMILES string of the molecule is Cc1ccc(N2C(=O)C(C)NCCC2C)cc1Cl. The molecular weight excluding hydrogens is 248 g/mol. The minimum absolute atomic E-state index is 0.111. The van der Waals surface area contributed by atoms with E-state index >= 15 is 0 Å². The summed E-state index contributed by atoms with van der Waals surface area (Å²) in [5.74, 6) is 0.111. The van der Waals surface area contributed by atoms with E-state index in [9.17, 15) is 4.79 Å². The largest absolute Gasteiger partial charge is 0.308 e. The first-order valence-corrected chi connectivity index (χ1v) is 6.71. The number of anilines is 1. The lowest BCUT2D eigenvalue weighted by Crippen LogP contribution is -2.44. The third-order valence-corrected chi connectivity index (χ3v) is 3.90. The molecule has 1 saturated heterocycles. The number of aryl methyl sites for hydroxylation is 1. The summed E-state index contributed by atoms with van der Waals surface area (Å²) in [4.78, 5) is 14.2. The van der Waals surface area contributed by atoms with Crippen LogP contribution >= 0.6 is 11.6 Å². The van der Waals surface area contributed by atoms with Gasteiger partial charge in [0, 0.05) is 16.8 Å². The van der Waals surface area contributed by atoms with Crippen LogP contribution in [-0.2, 0) is 4.79 Å². The molecule has 98 valence electrons. The third kappa shape index (κ3) is 2.52. The molecule has 1 aliphatic heterocycles. The Hall–Kier alpha value is -1.06. The van der Waals surface area contributed by atoms with Gasteiger partial charge in [-0.2, -0.15) is 0 Å². The molecule has 1 heterocycles. The zero-order chi connectivity index (χ0) is 13.3. The van der Waals surface area contributed by atoms with Gasteiger partial charge in [-0.1, -0.05) is 17.7 Å².